The van der Waals surface area contributed by atoms with E-state index in [-0.39, 0.29) is 16.9 Å². The first-order valence-electron chi connectivity index (χ1n) is 8.56. The maximum atomic E-state index is 14.8. The normalized spacial score (nSPS) is 20.4. The van der Waals surface area contributed by atoms with Crippen molar-refractivity contribution in [1.29, 1.82) is 0 Å². The molecule has 1 aliphatic carbocycles. The fourth-order valence-electron chi connectivity index (χ4n) is 3.75. The average Bonchev–Trinajstić information content (AvgIpc) is 2.85. The van der Waals surface area contributed by atoms with E-state index in [2.05, 4.69) is 15.9 Å². The number of para-hydroxylation sites is 1. The van der Waals surface area contributed by atoms with E-state index in [1.165, 1.54) is 17.8 Å². The Kier molecular flexibility index (Phi) is 4.02. The van der Waals surface area contributed by atoms with Gasteiger partial charge in [0.25, 0.3) is 0 Å². The lowest BCUT2D eigenvalue weighted by Gasteiger charge is -2.22. The van der Waals surface area contributed by atoms with E-state index < -0.39 is 5.92 Å². The minimum absolute atomic E-state index is 0.00836. The Balaban J connectivity index is 1.78. The Morgan fingerprint density at radius 2 is 1.70 bits per heavy atom. The smallest absolute Gasteiger partial charge is 0.174 e. The minimum Gasteiger partial charge on any atom is -0.293 e. The number of nitrogens with zero attached hydrogens (tertiary/aromatic N) is 1. The first kappa shape index (κ1) is 16.9. The largest absolute Gasteiger partial charge is 0.293 e. The molecule has 3 aromatic carbocycles. The molecule has 1 heterocycles. The van der Waals surface area contributed by atoms with Crippen molar-refractivity contribution < 1.29 is 9.18 Å². The van der Waals surface area contributed by atoms with E-state index >= 15 is 0 Å². The number of thioether (sulfide) groups is 1. The maximum absolute atomic E-state index is 14.8. The monoisotopic (exact) mass is 437 g/mol. The van der Waals surface area contributed by atoms with E-state index in [1.807, 2.05) is 48.5 Å². The third kappa shape index (κ3) is 2.68. The van der Waals surface area contributed by atoms with E-state index in [4.69, 9.17) is 4.99 Å². The van der Waals surface area contributed by atoms with Gasteiger partial charge < -0.3 is 0 Å². The fraction of sp³-hybridized carbons (Fsp3) is 0.0909. The summed E-state index contributed by atoms with van der Waals surface area (Å²) >= 11 is 4.95. The van der Waals surface area contributed by atoms with Gasteiger partial charge in [-0.15, -0.1) is 11.8 Å². The molecule has 132 valence electrons. The third-order valence-corrected chi connectivity index (χ3v) is 6.85. The Morgan fingerprint density at radius 1 is 0.963 bits per heavy atom. The van der Waals surface area contributed by atoms with Gasteiger partial charge in [0.15, 0.2) is 5.78 Å². The molecule has 0 bridgehead atoms. The van der Waals surface area contributed by atoms with Crippen molar-refractivity contribution in [3.63, 3.8) is 0 Å². The highest BCUT2D eigenvalue weighted by Crippen LogP contribution is 2.52. The predicted molar refractivity (Wildman–Crippen MR) is 110 cm³/mol. The predicted octanol–water partition coefficient (Wildman–Crippen LogP) is 6.37. The number of hydrogen-bond donors (Lipinski definition) is 0. The van der Waals surface area contributed by atoms with Crippen LogP contribution in [-0.4, -0.2) is 11.5 Å². The number of benzene rings is 3. The van der Waals surface area contributed by atoms with E-state index in [0.717, 1.165) is 26.3 Å². The van der Waals surface area contributed by atoms with E-state index in [0.29, 0.717) is 11.1 Å². The molecule has 0 fully saturated rings. The van der Waals surface area contributed by atoms with E-state index in [9.17, 15) is 9.18 Å². The van der Waals surface area contributed by atoms with Crippen LogP contribution in [0.5, 0.6) is 0 Å². The molecule has 0 amide bonds. The zero-order chi connectivity index (χ0) is 18.5. The SMILES string of the molecule is O=C1c2ccccc2C2=Nc3ccccc3S[C@H](c3cc(Br)ccc3F)[C@@H]12. The molecule has 0 spiro atoms. The molecule has 5 heteroatoms. The van der Waals surface area contributed by atoms with Crippen LogP contribution >= 0.6 is 27.7 Å². The fourth-order valence-corrected chi connectivity index (χ4v) is 5.49. The number of aliphatic imine (C=N–C) groups is 1. The van der Waals surface area contributed by atoms with Crippen LogP contribution in [0.3, 0.4) is 0 Å². The van der Waals surface area contributed by atoms with Crippen LogP contribution in [0.25, 0.3) is 0 Å². The van der Waals surface area contributed by atoms with Gasteiger partial charge in [-0.25, -0.2) is 4.39 Å². The first-order chi connectivity index (χ1) is 13.1. The van der Waals surface area contributed by atoms with Crippen molar-refractivity contribution in [2.45, 2.75) is 10.1 Å². The van der Waals surface area contributed by atoms with E-state index in [1.54, 1.807) is 12.1 Å². The summed E-state index contributed by atoms with van der Waals surface area (Å²) in [7, 11) is 0. The molecule has 3 aromatic rings. The summed E-state index contributed by atoms with van der Waals surface area (Å²) < 4.78 is 15.6. The summed E-state index contributed by atoms with van der Waals surface area (Å²) in [5.74, 6) is -0.809. The lowest BCUT2D eigenvalue weighted by molar-refractivity contribution is 0.0960. The van der Waals surface area contributed by atoms with Gasteiger partial charge in [-0.1, -0.05) is 52.3 Å². The van der Waals surface area contributed by atoms with Crippen molar-refractivity contribution >= 4 is 44.9 Å². The van der Waals surface area contributed by atoms with Crippen molar-refractivity contribution in [2.75, 3.05) is 0 Å². The number of carbonyl (C=O) groups is 1. The summed E-state index contributed by atoms with van der Waals surface area (Å²) in [5, 5.41) is -0.384. The van der Waals surface area contributed by atoms with Gasteiger partial charge in [0.1, 0.15) is 5.82 Å². The van der Waals surface area contributed by atoms with Crippen molar-refractivity contribution in [2.24, 2.45) is 10.9 Å². The summed E-state index contributed by atoms with van der Waals surface area (Å²) in [4.78, 5) is 19.1. The van der Waals surface area contributed by atoms with Crippen LogP contribution in [0.4, 0.5) is 10.1 Å². The molecule has 0 N–H and O–H groups in total. The van der Waals surface area contributed by atoms with Gasteiger partial charge in [0.2, 0.25) is 0 Å². The highest BCUT2D eigenvalue weighted by molar-refractivity contribution is 9.10. The average molecular weight is 438 g/mol. The summed E-state index contributed by atoms with van der Waals surface area (Å²) in [5.41, 5.74) is 3.60. The Labute approximate surface area is 168 Å². The molecule has 0 unspecified atom stereocenters. The molecule has 0 radical (unpaired) electrons. The lowest BCUT2D eigenvalue weighted by Crippen LogP contribution is -2.22. The van der Waals surface area contributed by atoms with Crippen LogP contribution in [0, 0.1) is 11.7 Å². The van der Waals surface area contributed by atoms with Crippen LogP contribution in [0.1, 0.15) is 26.7 Å². The number of rotatable bonds is 1. The van der Waals surface area contributed by atoms with Crippen LogP contribution in [-0.2, 0) is 0 Å². The number of ketones is 1. The highest BCUT2D eigenvalue weighted by atomic mass is 79.9. The van der Waals surface area contributed by atoms with Crippen molar-refractivity contribution in [3.8, 4) is 0 Å². The summed E-state index contributed by atoms with van der Waals surface area (Å²) in [6.07, 6.45) is 0. The van der Waals surface area contributed by atoms with Crippen molar-refractivity contribution in [1.82, 2.24) is 0 Å². The van der Waals surface area contributed by atoms with Crippen LogP contribution in [0.2, 0.25) is 0 Å². The molecular formula is C22H13BrFNOS. The number of carbonyl (C=O) groups excluding carboxylic acids is 1. The van der Waals surface area contributed by atoms with Gasteiger partial charge in [0.05, 0.1) is 22.6 Å². The first-order valence-corrected chi connectivity index (χ1v) is 10.2. The summed E-state index contributed by atoms with van der Waals surface area (Å²) in [6, 6.07) is 20.2. The second-order valence-corrected chi connectivity index (χ2v) is 8.66. The Hall–Kier alpha value is -2.24. The lowest BCUT2D eigenvalue weighted by atomic mass is 9.93. The second-order valence-electron chi connectivity index (χ2n) is 6.56. The zero-order valence-corrected chi connectivity index (χ0v) is 16.4. The molecule has 2 aliphatic rings. The topological polar surface area (TPSA) is 29.4 Å². The Morgan fingerprint density at radius 3 is 2.56 bits per heavy atom. The summed E-state index contributed by atoms with van der Waals surface area (Å²) in [6.45, 7) is 0. The van der Waals surface area contributed by atoms with Gasteiger partial charge in [0, 0.05) is 26.1 Å². The maximum Gasteiger partial charge on any atom is 0.174 e. The number of Topliss-reactive ketones (excluding diaryl/α,β-unsaturated/α-hetero) is 1. The van der Waals surface area contributed by atoms with Crippen LogP contribution < -0.4 is 0 Å². The van der Waals surface area contributed by atoms with Crippen LogP contribution in [0.15, 0.2) is 81.1 Å². The highest BCUT2D eigenvalue weighted by Gasteiger charge is 2.44. The zero-order valence-electron chi connectivity index (χ0n) is 14.0. The van der Waals surface area contributed by atoms with Gasteiger partial charge in [-0.05, 0) is 30.3 Å². The second kappa shape index (κ2) is 6.43. The number of hydrogen-bond acceptors (Lipinski definition) is 3. The van der Waals surface area contributed by atoms with Crippen molar-refractivity contribution in [3.05, 3.63) is 93.7 Å². The molecule has 1 aliphatic heterocycles. The molecule has 0 aromatic heterocycles. The standard InChI is InChI=1S/C22H13BrFNOS/c23-12-9-10-16(24)15(11-12)22-19-20(13-5-1-2-6-14(13)21(19)26)25-17-7-3-4-8-18(17)27-22/h1-11,19,22H/t19-,22-/m1/s1. The minimum atomic E-state index is -0.511. The number of fused-ring (bicyclic) bond motifs is 4. The molecule has 5 rings (SSSR count). The quantitative estimate of drug-likeness (QED) is 0.442. The van der Waals surface area contributed by atoms with Gasteiger partial charge in [-0.3, -0.25) is 9.79 Å². The molecule has 2 nitrogen and oxygen atoms in total. The number of halogens is 2. The molecule has 2 atom stereocenters. The third-order valence-electron chi connectivity index (χ3n) is 4.97. The Bertz CT molecular complexity index is 1130. The molecule has 0 saturated heterocycles. The molecular weight excluding hydrogens is 425 g/mol. The molecule has 0 saturated carbocycles. The van der Waals surface area contributed by atoms with Gasteiger partial charge in [-0.2, -0.15) is 0 Å². The molecule has 27 heavy (non-hydrogen) atoms. The van der Waals surface area contributed by atoms with Gasteiger partial charge >= 0.3 is 0 Å².